The number of aromatic hydroxyl groups is 1. The number of aromatic carboxylic acids is 1. The summed E-state index contributed by atoms with van der Waals surface area (Å²) in [4.78, 5) is 15.2. The highest BCUT2D eigenvalue weighted by Crippen LogP contribution is 2.31. The van der Waals surface area contributed by atoms with Crippen LogP contribution in [0.15, 0.2) is 12.1 Å². The van der Waals surface area contributed by atoms with Crippen LogP contribution >= 0.6 is 11.3 Å². The second kappa shape index (κ2) is 3.75. The average Bonchev–Trinajstić information content (AvgIpc) is 2.58. The first-order valence-electron chi connectivity index (χ1n) is 4.85. The summed E-state index contributed by atoms with van der Waals surface area (Å²) in [5.74, 6) is -1.05. The Balaban J connectivity index is 2.65. The van der Waals surface area contributed by atoms with Crippen LogP contribution in [0, 0.1) is 0 Å². The highest BCUT2D eigenvalue weighted by Gasteiger charge is 2.14. The van der Waals surface area contributed by atoms with E-state index in [-0.39, 0.29) is 11.3 Å². The first kappa shape index (κ1) is 10.9. The van der Waals surface area contributed by atoms with E-state index in [1.165, 1.54) is 23.5 Å². The fourth-order valence-electron chi connectivity index (χ4n) is 1.40. The molecule has 0 spiro atoms. The van der Waals surface area contributed by atoms with E-state index in [0.29, 0.717) is 11.4 Å². The number of nitrogens with zero attached hydrogens (tertiary/aromatic N) is 1. The van der Waals surface area contributed by atoms with Gasteiger partial charge in [-0.2, -0.15) is 0 Å². The standard InChI is InChI=1S/C11H11NO3S/c1-5(2)10-12-7-3-6(11(14)15)8(13)4-9(7)16-10/h3-5,13H,1-2H3,(H,14,15). The van der Waals surface area contributed by atoms with Crippen LogP contribution in [-0.4, -0.2) is 21.2 Å². The zero-order valence-corrected chi connectivity index (χ0v) is 9.71. The molecule has 84 valence electrons. The Bertz CT molecular complexity index is 560. The van der Waals surface area contributed by atoms with Gasteiger partial charge in [0, 0.05) is 12.0 Å². The van der Waals surface area contributed by atoms with Gasteiger partial charge < -0.3 is 10.2 Å². The molecule has 2 aromatic rings. The maximum absolute atomic E-state index is 10.8. The predicted octanol–water partition coefficient (Wildman–Crippen LogP) is 2.82. The molecule has 0 saturated carbocycles. The molecule has 1 aromatic heterocycles. The molecule has 0 atom stereocenters. The highest BCUT2D eigenvalue weighted by molar-refractivity contribution is 7.18. The summed E-state index contributed by atoms with van der Waals surface area (Å²) >= 11 is 1.48. The molecule has 0 aliphatic rings. The second-order valence-electron chi connectivity index (χ2n) is 3.85. The van der Waals surface area contributed by atoms with Crippen molar-refractivity contribution in [3.63, 3.8) is 0 Å². The Morgan fingerprint density at radius 3 is 2.69 bits per heavy atom. The molecule has 2 rings (SSSR count). The molecular formula is C11H11NO3S. The van der Waals surface area contributed by atoms with E-state index in [4.69, 9.17) is 5.11 Å². The third-order valence-electron chi connectivity index (χ3n) is 2.25. The topological polar surface area (TPSA) is 70.4 Å². The number of benzene rings is 1. The molecule has 0 radical (unpaired) electrons. The number of hydrogen-bond donors (Lipinski definition) is 2. The molecule has 0 fully saturated rings. The van der Waals surface area contributed by atoms with E-state index in [0.717, 1.165) is 9.71 Å². The van der Waals surface area contributed by atoms with Gasteiger partial charge in [0.15, 0.2) is 0 Å². The monoisotopic (exact) mass is 237 g/mol. The lowest BCUT2D eigenvalue weighted by Gasteiger charge is -1.97. The van der Waals surface area contributed by atoms with Crippen molar-refractivity contribution in [3.8, 4) is 5.75 Å². The summed E-state index contributed by atoms with van der Waals surface area (Å²) in [6.45, 7) is 4.05. The molecule has 0 aliphatic heterocycles. The summed E-state index contributed by atoms with van der Waals surface area (Å²) in [6.07, 6.45) is 0. The number of hydrogen-bond acceptors (Lipinski definition) is 4. The van der Waals surface area contributed by atoms with E-state index >= 15 is 0 Å². The Morgan fingerprint density at radius 2 is 2.12 bits per heavy atom. The van der Waals surface area contributed by atoms with E-state index in [2.05, 4.69) is 4.98 Å². The minimum absolute atomic E-state index is 0.104. The van der Waals surface area contributed by atoms with Crippen LogP contribution in [0.1, 0.15) is 35.1 Å². The number of thiazole rings is 1. The Kier molecular flexibility index (Phi) is 2.55. The first-order chi connectivity index (χ1) is 7.49. The summed E-state index contributed by atoms with van der Waals surface area (Å²) in [6, 6.07) is 2.87. The fraction of sp³-hybridized carbons (Fsp3) is 0.273. The molecule has 0 unspecified atom stereocenters. The Morgan fingerprint density at radius 1 is 1.44 bits per heavy atom. The van der Waals surface area contributed by atoms with Gasteiger partial charge in [-0.05, 0) is 6.07 Å². The number of carboxylic acids is 1. The summed E-state index contributed by atoms with van der Waals surface area (Å²) in [5.41, 5.74) is 0.525. The molecule has 1 aromatic carbocycles. The van der Waals surface area contributed by atoms with Crippen LogP contribution in [-0.2, 0) is 0 Å². The molecule has 5 heteroatoms. The van der Waals surface area contributed by atoms with Crippen molar-refractivity contribution in [1.82, 2.24) is 4.98 Å². The molecule has 16 heavy (non-hydrogen) atoms. The summed E-state index contributed by atoms with van der Waals surface area (Å²) in [7, 11) is 0. The molecule has 0 aliphatic carbocycles. The molecular weight excluding hydrogens is 226 g/mol. The van der Waals surface area contributed by atoms with Crippen molar-refractivity contribution in [3.05, 3.63) is 22.7 Å². The minimum Gasteiger partial charge on any atom is -0.507 e. The van der Waals surface area contributed by atoms with E-state index < -0.39 is 5.97 Å². The van der Waals surface area contributed by atoms with E-state index in [9.17, 15) is 9.90 Å². The maximum Gasteiger partial charge on any atom is 0.339 e. The summed E-state index contributed by atoms with van der Waals surface area (Å²) < 4.78 is 0.811. The molecule has 2 N–H and O–H groups in total. The average molecular weight is 237 g/mol. The van der Waals surface area contributed by atoms with Crippen molar-refractivity contribution >= 4 is 27.5 Å². The Labute approximate surface area is 96.2 Å². The smallest absolute Gasteiger partial charge is 0.339 e. The van der Waals surface area contributed by atoms with Crippen LogP contribution in [0.25, 0.3) is 10.2 Å². The number of rotatable bonds is 2. The van der Waals surface area contributed by atoms with Crippen LogP contribution in [0.4, 0.5) is 0 Å². The molecule has 0 amide bonds. The lowest BCUT2D eigenvalue weighted by Crippen LogP contribution is -1.96. The van der Waals surface area contributed by atoms with E-state index in [1.807, 2.05) is 13.8 Å². The predicted molar refractivity (Wildman–Crippen MR) is 62.3 cm³/mol. The normalized spacial score (nSPS) is 11.2. The van der Waals surface area contributed by atoms with Crippen molar-refractivity contribution in [2.75, 3.05) is 0 Å². The minimum atomic E-state index is -1.14. The number of phenols is 1. The zero-order valence-electron chi connectivity index (χ0n) is 8.89. The largest absolute Gasteiger partial charge is 0.507 e. The van der Waals surface area contributed by atoms with Gasteiger partial charge in [0.2, 0.25) is 0 Å². The molecule has 1 heterocycles. The fourth-order valence-corrected chi connectivity index (χ4v) is 2.38. The number of carbonyl (C=O) groups is 1. The molecule has 0 bridgehead atoms. The Hall–Kier alpha value is -1.62. The highest BCUT2D eigenvalue weighted by atomic mass is 32.1. The zero-order chi connectivity index (χ0) is 11.9. The van der Waals surface area contributed by atoms with Gasteiger partial charge in [-0.15, -0.1) is 11.3 Å². The second-order valence-corrected chi connectivity index (χ2v) is 4.91. The van der Waals surface area contributed by atoms with Crippen molar-refractivity contribution in [1.29, 1.82) is 0 Å². The number of aromatic nitrogens is 1. The van der Waals surface area contributed by atoms with Crippen LogP contribution in [0.3, 0.4) is 0 Å². The maximum atomic E-state index is 10.8. The van der Waals surface area contributed by atoms with Crippen LogP contribution in [0.5, 0.6) is 5.75 Å². The van der Waals surface area contributed by atoms with Gasteiger partial charge in [0.25, 0.3) is 0 Å². The van der Waals surface area contributed by atoms with Crippen LogP contribution in [0.2, 0.25) is 0 Å². The summed E-state index contributed by atoms with van der Waals surface area (Å²) in [5, 5.41) is 19.3. The van der Waals surface area contributed by atoms with Crippen molar-refractivity contribution in [2.24, 2.45) is 0 Å². The van der Waals surface area contributed by atoms with Crippen molar-refractivity contribution < 1.29 is 15.0 Å². The van der Waals surface area contributed by atoms with Gasteiger partial charge in [-0.1, -0.05) is 13.8 Å². The van der Waals surface area contributed by atoms with Crippen LogP contribution < -0.4 is 0 Å². The van der Waals surface area contributed by atoms with Gasteiger partial charge in [0.05, 0.1) is 15.2 Å². The third kappa shape index (κ3) is 1.74. The lowest BCUT2D eigenvalue weighted by atomic mass is 10.2. The van der Waals surface area contributed by atoms with Gasteiger partial charge >= 0.3 is 5.97 Å². The molecule has 4 nitrogen and oxygen atoms in total. The SMILES string of the molecule is CC(C)c1nc2cc(C(=O)O)c(O)cc2s1. The third-order valence-corrected chi connectivity index (χ3v) is 3.57. The van der Waals surface area contributed by atoms with Gasteiger partial charge in [-0.25, -0.2) is 9.78 Å². The number of fused-ring (bicyclic) bond motifs is 1. The lowest BCUT2D eigenvalue weighted by molar-refractivity contribution is 0.0694. The van der Waals surface area contributed by atoms with Gasteiger partial charge in [0.1, 0.15) is 11.3 Å². The quantitative estimate of drug-likeness (QED) is 0.842. The van der Waals surface area contributed by atoms with Crippen molar-refractivity contribution in [2.45, 2.75) is 19.8 Å². The number of carboxylic acid groups (broad SMARTS) is 1. The first-order valence-corrected chi connectivity index (χ1v) is 5.67. The van der Waals surface area contributed by atoms with E-state index in [1.54, 1.807) is 0 Å². The van der Waals surface area contributed by atoms with Gasteiger partial charge in [-0.3, -0.25) is 0 Å². The molecule has 0 saturated heterocycles.